The molecule has 0 fully saturated rings. The van der Waals surface area contributed by atoms with E-state index in [1.807, 2.05) is 0 Å². The van der Waals surface area contributed by atoms with Crippen molar-refractivity contribution in [2.24, 2.45) is 11.7 Å². The Morgan fingerprint density at radius 1 is 1.26 bits per heavy atom. The summed E-state index contributed by atoms with van der Waals surface area (Å²) in [5, 5.41) is 8.57. The third-order valence-electron chi connectivity index (χ3n) is 2.44. The first-order valence-corrected chi connectivity index (χ1v) is 5.40. The van der Waals surface area contributed by atoms with Crippen LogP contribution in [0.1, 0.15) is 5.56 Å². The maximum Gasteiger partial charge on any atom is 0.321 e. The van der Waals surface area contributed by atoms with Crippen molar-refractivity contribution >= 4 is 11.9 Å². The standard InChI is InChI=1S/C12H13F2NO4/c13-10(14)8(9(15)11(16)17)12(18)19-6-7-4-2-1-3-5-7/h1-5,8-10H,6,15H2,(H,16,17). The van der Waals surface area contributed by atoms with Gasteiger partial charge in [-0.15, -0.1) is 0 Å². The lowest BCUT2D eigenvalue weighted by atomic mass is 10.0. The zero-order valence-corrected chi connectivity index (χ0v) is 9.83. The largest absolute Gasteiger partial charge is 0.480 e. The molecule has 0 aliphatic heterocycles. The van der Waals surface area contributed by atoms with Crippen molar-refractivity contribution in [2.75, 3.05) is 0 Å². The highest BCUT2D eigenvalue weighted by Gasteiger charge is 2.39. The number of nitrogens with two attached hydrogens (primary N) is 1. The summed E-state index contributed by atoms with van der Waals surface area (Å²) in [6, 6.07) is 6.41. The fraction of sp³-hybridized carbons (Fsp3) is 0.333. The first kappa shape index (κ1) is 15.0. The molecule has 0 aliphatic carbocycles. The Hall–Kier alpha value is -2.02. The van der Waals surface area contributed by atoms with E-state index in [1.54, 1.807) is 30.3 Å². The van der Waals surface area contributed by atoms with Gasteiger partial charge in [0.1, 0.15) is 18.6 Å². The Kier molecular flexibility index (Phi) is 5.37. The third kappa shape index (κ3) is 4.29. The Morgan fingerprint density at radius 2 is 1.84 bits per heavy atom. The van der Waals surface area contributed by atoms with Crippen LogP contribution in [-0.2, 0) is 20.9 Å². The topological polar surface area (TPSA) is 89.6 Å². The van der Waals surface area contributed by atoms with Crippen LogP contribution >= 0.6 is 0 Å². The van der Waals surface area contributed by atoms with Gasteiger partial charge in [-0.3, -0.25) is 9.59 Å². The quantitative estimate of drug-likeness (QED) is 0.755. The lowest BCUT2D eigenvalue weighted by Gasteiger charge is -2.18. The summed E-state index contributed by atoms with van der Waals surface area (Å²) >= 11 is 0. The maximum absolute atomic E-state index is 12.6. The zero-order chi connectivity index (χ0) is 14.4. The van der Waals surface area contributed by atoms with Gasteiger partial charge in [-0.05, 0) is 5.56 Å². The molecule has 0 radical (unpaired) electrons. The van der Waals surface area contributed by atoms with Crippen molar-refractivity contribution in [3.05, 3.63) is 35.9 Å². The van der Waals surface area contributed by atoms with Crippen LogP contribution in [0.15, 0.2) is 30.3 Å². The van der Waals surface area contributed by atoms with Gasteiger partial charge in [0.25, 0.3) is 6.43 Å². The van der Waals surface area contributed by atoms with E-state index in [2.05, 4.69) is 4.74 Å². The first-order valence-electron chi connectivity index (χ1n) is 5.40. The van der Waals surface area contributed by atoms with Gasteiger partial charge >= 0.3 is 11.9 Å². The molecule has 0 aromatic heterocycles. The molecule has 5 nitrogen and oxygen atoms in total. The van der Waals surface area contributed by atoms with Gasteiger partial charge in [-0.25, -0.2) is 8.78 Å². The first-order chi connectivity index (χ1) is 8.93. The second-order valence-corrected chi connectivity index (χ2v) is 3.82. The molecular formula is C12H13F2NO4. The number of hydrogen-bond donors (Lipinski definition) is 2. The highest BCUT2D eigenvalue weighted by Crippen LogP contribution is 2.16. The number of carbonyl (C=O) groups is 2. The number of hydrogen-bond acceptors (Lipinski definition) is 4. The van der Waals surface area contributed by atoms with Gasteiger partial charge in [0.2, 0.25) is 0 Å². The summed E-state index contributed by atoms with van der Waals surface area (Å²) in [4.78, 5) is 22.0. The molecule has 0 saturated carbocycles. The lowest BCUT2D eigenvalue weighted by Crippen LogP contribution is -2.46. The molecule has 1 aromatic rings. The summed E-state index contributed by atoms with van der Waals surface area (Å²) < 4.78 is 29.9. The molecule has 1 aromatic carbocycles. The monoisotopic (exact) mass is 273 g/mol. The number of carboxylic acids is 1. The SMILES string of the molecule is NC(C(=O)O)C(C(=O)OCc1ccccc1)C(F)F. The van der Waals surface area contributed by atoms with Crippen LogP contribution in [-0.4, -0.2) is 29.5 Å². The van der Waals surface area contributed by atoms with Gasteiger partial charge in [0.15, 0.2) is 0 Å². The summed E-state index contributed by atoms with van der Waals surface area (Å²) in [6.07, 6.45) is -3.20. The van der Waals surface area contributed by atoms with Crippen LogP contribution in [0, 0.1) is 5.92 Å². The van der Waals surface area contributed by atoms with Crippen molar-refractivity contribution in [1.82, 2.24) is 0 Å². The number of alkyl halides is 2. The predicted octanol–water partition coefficient (Wildman–Crippen LogP) is 1.02. The van der Waals surface area contributed by atoms with E-state index in [-0.39, 0.29) is 6.61 Å². The smallest absolute Gasteiger partial charge is 0.321 e. The van der Waals surface area contributed by atoms with Crippen molar-refractivity contribution in [3.8, 4) is 0 Å². The fourth-order valence-corrected chi connectivity index (χ4v) is 1.38. The van der Waals surface area contributed by atoms with E-state index in [0.717, 1.165) is 0 Å². The minimum absolute atomic E-state index is 0.213. The van der Waals surface area contributed by atoms with Crippen molar-refractivity contribution in [1.29, 1.82) is 0 Å². The summed E-state index contributed by atoms with van der Waals surface area (Å²) in [6.45, 7) is -0.213. The molecule has 2 unspecified atom stereocenters. The van der Waals surface area contributed by atoms with Crippen LogP contribution in [0.2, 0.25) is 0 Å². The molecule has 7 heteroatoms. The number of benzene rings is 1. The molecule has 2 atom stereocenters. The number of rotatable bonds is 6. The van der Waals surface area contributed by atoms with E-state index < -0.39 is 30.3 Å². The van der Waals surface area contributed by atoms with E-state index in [4.69, 9.17) is 10.8 Å². The molecular weight excluding hydrogens is 260 g/mol. The molecule has 3 N–H and O–H groups in total. The average Bonchev–Trinajstić information content (AvgIpc) is 2.37. The number of carboxylic acid groups (broad SMARTS) is 1. The molecule has 0 amide bonds. The second-order valence-electron chi connectivity index (χ2n) is 3.82. The normalized spacial score (nSPS) is 13.9. The number of carbonyl (C=O) groups excluding carboxylic acids is 1. The highest BCUT2D eigenvalue weighted by molar-refractivity contribution is 5.83. The Bertz CT molecular complexity index is 439. The van der Waals surface area contributed by atoms with E-state index in [1.165, 1.54) is 0 Å². The molecule has 0 spiro atoms. The molecule has 0 bridgehead atoms. The van der Waals surface area contributed by atoms with E-state index in [0.29, 0.717) is 5.56 Å². The second kappa shape index (κ2) is 6.79. The van der Waals surface area contributed by atoms with E-state index >= 15 is 0 Å². The molecule has 0 saturated heterocycles. The number of ether oxygens (including phenoxy) is 1. The van der Waals surface area contributed by atoms with Gasteiger partial charge in [-0.1, -0.05) is 30.3 Å². The number of halogens is 2. The van der Waals surface area contributed by atoms with Gasteiger partial charge < -0.3 is 15.6 Å². The van der Waals surface area contributed by atoms with Gasteiger partial charge in [-0.2, -0.15) is 0 Å². The summed E-state index contributed by atoms with van der Waals surface area (Å²) in [5.74, 6) is -5.18. The van der Waals surface area contributed by atoms with Crippen LogP contribution < -0.4 is 5.73 Å². The minimum atomic E-state index is -3.20. The van der Waals surface area contributed by atoms with Crippen molar-refractivity contribution in [3.63, 3.8) is 0 Å². The number of esters is 1. The predicted molar refractivity (Wildman–Crippen MR) is 61.3 cm³/mol. The van der Waals surface area contributed by atoms with Crippen LogP contribution in [0.4, 0.5) is 8.78 Å². The molecule has 104 valence electrons. The maximum atomic E-state index is 12.6. The average molecular weight is 273 g/mol. The van der Waals surface area contributed by atoms with Crippen molar-refractivity contribution < 1.29 is 28.2 Å². The van der Waals surface area contributed by atoms with Crippen LogP contribution in [0.5, 0.6) is 0 Å². The lowest BCUT2D eigenvalue weighted by molar-refractivity contribution is -0.161. The Morgan fingerprint density at radius 3 is 2.32 bits per heavy atom. The van der Waals surface area contributed by atoms with Gasteiger partial charge in [0.05, 0.1) is 0 Å². The van der Waals surface area contributed by atoms with E-state index in [9.17, 15) is 18.4 Å². The van der Waals surface area contributed by atoms with Crippen molar-refractivity contribution in [2.45, 2.75) is 19.1 Å². The molecule has 19 heavy (non-hydrogen) atoms. The minimum Gasteiger partial charge on any atom is -0.480 e. The van der Waals surface area contributed by atoms with Gasteiger partial charge in [0, 0.05) is 0 Å². The number of aliphatic carboxylic acids is 1. The summed E-state index contributed by atoms with van der Waals surface area (Å²) in [7, 11) is 0. The molecule has 0 heterocycles. The molecule has 0 aliphatic rings. The third-order valence-corrected chi connectivity index (χ3v) is 2.44. The Balaban J connectivity index is 2.65. The zero-order valence-electron chi connectivity index (χ0n) is 9.83. The fourth-order valence-electron chi connectivity index (χ4n) is 1.38. The van der Waals surface area contributed by atoms with Crippen LogP contribution in [0.25, 0.3) is 0 Å². The summed E-state index contributed by atoms with van der Waals surface area (Å²) in [5.41, 5.74) is 5.66. The molecule has 1 rings (SSSR count). The highest BCUT2D eigenvalue weighted by atomic mass is 19.3. The Labute approximate surface area is 108 Å². The van der Waals surface area contributed by atoms with Crippen LogP contribution in [0.3, 0.4) is 0 Å².